The first-order valence-corrected chi connectivity index (χ1v) is 13.3. The molecule has 1 nitrogen and oxygen atoms in total. The van der Waals surface area contributed by atoms with Crippen LogP contribution in [-0.4, -0.2) is 6.61 Å². The molecule has 0 fully saturated rings. The van der Waals surface area contributed by atoms with E-state index >= 15 is 0 Å². The molecule has 0 spiro atoms. The van der Waals surface area contributed by atoms with E-state index in [1.165, 1.54) is 128 Å². The Morgan fingerprint density at radius 2 is 0.966 bits per heavy atom. The van der Waals surface area contributed by atoms with Gasteiger partial charge in [0.1, 0.15) is 5.76 Å². The third kappa shape index (κ3) is 23.4. The molecule has 0 bridgehead atoms. The van der Waals surface area contributed by atoms with E-state index in [-0.39, 0.29) is 0 Å². The van der Waals surface area contributed by atoms with Crippen molar-refractivity contribution in [2.45, 2.75) is 149 Å². The second-order valence-electron chi connectivity index (χ2n) is 8.74. The molecule has 0 aromatic rings. The molecule has 1 heteroatoms. The Hall–Kier alpha value is -0.720. The summed E-state index contributed by atoms with van der Waals surface area (Å²) in [5.41, 5.74) is 0. The summed E-state index contributed by atoms with van der Waals surface area (Å²) < 4.78 is 5.80. The van der Waals surface area contributed by atoms with Crippen LogP contribution in [0.1, 0.15) is 149 Å². The van der Waals surface area contributed by atoms with E-state index in [9.17, 15) is 0 Å². The highest BCUT2D eigenvalue weighted by atomic mass is 16.5. The van der Waals surface area contributed by atoms with Crippen LogP contribution in [0.5, 0.6) is 0 Å². The molecule has 0 aliphatic carbocycles. The average molecular weight is 407 g/mol. The van der Waals surface area contributed by atoms with Crippen LogP contribution >= 0.6 is 0 Å². The molecule has 0 rings (SSSR count). The van der Waals surface area contributed by atoms with E-state index in [2.05, 4.69) is 39.0 Å². The zero-order chi connectivity index (χ0) is 21.3. The van der Waals surface area contributed by atoms with Gasteiger partial charge in [-0.25, -0.2) is 0 Å². The Balaban J connectivity index is 3.26. The summed E-state index contributed by atoms with van der Waals surface area (Å²) in [6, 6.07) is 0. The van der Waals surface area contributed by atoms with Gasteiger partial charge in [0.2, 0.25) is 0 Å². The largest absolute Gasteiger partial charge is 0.494 e. The van der Waals surface area contributed by atoms with Crippen LogP contribution in [0, 0.1) is 0 Å². The molecule has 0 aliphatic rings. The minimum absolute atomic E-state index is 0.858. The third-order valence-corrected chi connectivity index (χ3v) is 5.81. The van der Waals surface area contributed by atoms with Crippen molar-refractivity contribution in [3.05, 3.63) is 24.0 Å². The summed E-state index contributed by atoms with van der Waals surface area (Å²) in [4.78, 5) is 0. The SMILES string of the molecule is C/C=C(/C=C/CCCCCCCCCCCCCCCCCC)OCCCCC. The van der Waals surface area contributed by atoms with Crippen molar-refractivity contribution in [2.75, 3.05) is 6.61 Å². The van der Waals surface area contributed by atoms with E-state index in [1.807, 2.05) is 0 Å². The molecule has 0 heterocycles. The standard InChI is InChI=1S/C28H54O/c1-4-7-9-10-11-12-13-14-15-16-17-18-19-20-21-22-23-24-26-28(6-3)29-27-25-8-5-2/h6,24,26H,4-5,7-23,25,27H2,1-3H3/b26-24+,28-6-. The lowest BCUT2D eigenvalue weighted by Gasteiger charge is -2.06. The predicted molar refractivity (Wildman–Crippen MR) is 133 cm³/mol. The zero-order valence-electron chi connectivity index (χ0n) is 20.5. The lowest BCUT2D eigenvalue weighted by Crippen LogP contribution is -1.92. The maximum atomic E-state index is 5.80. The van der Waals surface area contributed by atoms with Crippen LogP contribution in [0.4, 0.5) is 0 Å². The number of hydrogen-bond acceptors (Lipinski definition) is 1. The van der Waals surface area contributed by atoms with Crippen molar-refractivity contribution in [3.8, 4) is 0 Å². The van der Waals surface area contributed by atoms with Gasteiger partial charge < -0.3 is 4.74 Å². The lowest BCUT2D eigenvalue weighted by atomic mass is 10.0. The summed E-state index contributed by atoms with van der Waals surface area (Å²) >= 11 is 0. The molecule has 0 atom stereocenters. The van der Waals surface area contributed by atoms with E-state index in [4.69, 9.17) is 4.74 Å². The molecule has 0 aliphatic heterocycles. The fourth-order valence-corrected chi connectivity index (χ4v) is 3.78. The van der Waals surface area contributed by atoms with Gasteiger partial charge in [0.25, 0.3) is 0 Å². The number of hydrogen-bond donors (Lipinski definition) is 0. The van der Waals surface area contributed by atoms with Crippen LogP contribution in [0.2, 0.25) is 0 Å². The normalized spacial score (nSPS) is 12.2. The zero-order valence-corrected chi connectivity index (χ0v) is 20.5. The lowest BCUT2D eigenvalue weighted by molar-refractivity contribution is 0.217. The van der Waals surface area contributed by atoms with Gasteiger partial charge in [-0.15, -0.1) is 0 Å². The van der Waals surface area contributed by atoms with Gasteiger partial charge >= 0.3 is 0 Å². The molecular weight excluding hydrogens is 352 g/mol. The van der Waals surface area contributed by atoms with Gasteiger partial charge in [0, 0.05) is 0 Å². The number of ether oxygens (including phenoxy) is 1. The van der Waals surface area contributed by atoms with Gasteiger partial charge in [-0.3, -0.25) is 0 Å². The van der Waals surface area contributed by atoms with Crippen LogP contribution in [0.25, 0.3) is 0 Å². The molecule has 0 saturated carbocycles. The van der Waals surface area contributed by atoms with Gasteiger partial charge in [0.15, 0.2) is 0 Å². The third-order valence-electron chi connectivity index (χ3n) is 5.81. The highest BCUT2D eigenvalue weighted by Crippen LogP contribution is 2.14. The highest BCUT2D eigenvalue weighted by molar-refractivity contribution is 5.10. The summed E-state index contributed by atoms with van der Waals surface area (Å²) in [5, 5.41) is 0. The van der Waals surface area contributed by atoms with Crippen LogP contribution in [0.3, 0.4) is 0 Å². The highest BCUT2D eigenvalue weighted by Gasteiger charge is 1.95. The van der Waals surface area contributed by atoms with Crippen LogP contribution < -0.4 is 0 Å². The van der Waals surface area contributed by atoms with E-state index in [0.29, 0.717) is 0 Å². The van der Waals surface area contributed by atoms with Gasteiger partial charge in [-0.1, -0.05) is 129 Å². The Bertz CT molecular complexity index is 355. The van der Waals surface area contributed by atoms with E-state index < -0.39 is 0 Å². The number of unbranched alkanes of at least 4 members (excludes halogenated alkanes) is 18. The number of allylic oxidation sites excluding steroid dienone is 3. The molecule has 0 unspecified atom stereocenters. The summed E-state index contributed by atoms with van der Waals surface area (Å²) in [6.45, 7) is 7.45. The summed E-state index contributed by atoms with van der Waals surface area (Å²) in [6.07, 6.45) is 34.4. The summed E-state index contributed by atoms with van der Waals surface area (Å²) in [7, 11) is 0. The molecule has 0 aromatic carbocycles. The van der Waals surface area contributed by atoms with Crippen molar-refractivity contribution < 1.29 is 4.74 Å². The maximum Gasteiger partial charge on any atom is 0.114 e. The smallest absolute Gasteiger partial charge is 0.114 e. The molecule has 172 valence electrons. The summed E-state index contributed by atoms with van der Waals surface area (Å²) in [5.74, 6) is 1.04. The Labute approximate surface area is 184 Å². The Morgan fingerprint density at radius 3 is 1.41 bits per heavy atom. The molecule has 0 radical (unpaired) electrons. The van der Waals surface area contributed by atoms with Crippen molar-refractivity contribution in [1.29, 1.82) is 0 Å². The topological polar surface area (TPSA) is 9.23 Å². The monoisotopic (exact) mass is 406 g/mol. The van der Waals surface area contributed by atoms with Crippen molar-refractivity contribution >= 4 is 0 Å². The molecule has 0 N–H and O–H groups in total. The van der Waals surface area contributed by atoms with Gasteiger partial charge in [-0.2, -0.15) is 0 Å². The van der Waals surface area contributed by atoms with Crippen LogP contribution in [0.15, 0.2) is 24.0 Å². The van der Waals surface area contributed by atoms with Crippen molar-refractivity contribution in [1.82, 2.24) is 0 Å². The van der Waals surface area contributed by atoms with Crippen molar-refractivity contribution in [2.24, 2.45) is 0 Å². The second kappa shape index (κ2) is 25.3. The first-order chi connectivity index (χ1) is 14.3. The van der Waals surface area contributed by atoms with E-state index in [0.717, 1.165) is 12.4 Å². The Kier molecular flexibility index (Phi) is 24.7. The van der Waals surface area contributed by atoms with Gasteiger partial charge in [0.05, 0.1) is 6.61 Å². The molecule has 0 amide bonds. The first-order valence-electron chi connectivity index (χ1n) is 13.3. The fourth-order valence-electron chi connectivity index (χ4n) is 3.78. The quantitative estimate of drug-likeness (QED) is 0.0931. The van der Waals surface area contributed by atoms with Crippen LogP contribution in [-0.2, 0) is 4.74 Å². The fraction of sp³-hybridized carbons (Fsp3) is 0.857. The molecule has 29 heavy (non-hydrogen) atoms. The predicted octanol–water partition coefficient (Wildman–Crippen LogP) is 10.3. The maximum absolute atomic E-state index is 5.80. The Morgan fingerprint density at radius 1 is 0.552 bits per heavy atom. The van der Waals surface area contributed by atoms with Gasteiger partial charge in [-0.05, 0) is 38.3 Å². The average Bonchev–Trinajstić information content (AvgIpc) is 2.74. The molecule has 0 saturated heterocycles. The minimum atomic E-state index is 0.858. The number of rotatable bonds is 23. The van der Waals surface area contributed by atoms with Crippen molar-refractivity contribution in [3.63, 3.8) is 0 Å². The first kappa shape index (κ1) is 28.3. The molecular formula is C28H54O. The molecule has 0 aromatic heterocycles. The van der Waals surface area contributed by atoms with E-state index in [1.54, 1.807) is 0 Å². The minimum Gasteiger partial charge on any atom is -0.494 e. The second-order valence-corrected chi connectivity index (χ2v) is 8.74.